The van der Waals surface area contributed by atoms with E-state index in [0.29, 0.717) is 31.5 Å². The van der Waals surface area contributed by atoms with Crippen molar-refractivity contribution in [1.29, 1.82) is 0 Å². The average Bonchev–Trinajstić information content (AvgIpc) is 2.61. The van der Waals surface area contributed by atoms with Gasteiger partial charge in [-0.3, -0.25) is 9.59 Å². The van der Waals surface area contributed by atoms with E-state index in [1.165, 1.54) is 7.11 Å². The SMILES string of the molecule is COC(=O)c1cc(CC(=O)CCCCN)cc(CC(=O)CCCCN)c1. The quantitative estimate of drug-likeness (QED) is 0.410. The Morgan fingerprint density at radius 3 is 1.65 bits per heavy atom. The standard InChI is InChI=1S/C20H30N2O4/c1-26-20(25)17-11-15(13-18(23)6-2-4-8-21)10-16(12-17)14-19(24)7-3-5-9-22/h10-12H,2-9,13-14,21-22H2,1H3. The van der Waals surface area contributed by atoms with Crippen LogP contribution in [0.4, 0.5) is 0 Å². The minimum atomic E-state index is -0.473. The summed E-state index contributed by atoms with van der Waals surface area (Å²) in [5.74, 6) is -0.277. The molecule has 4 N–H and O–H groups in total. The Balaban J connectivity index is 2.84. The molecule has 0 fully saturated rings. The normalized spacial score (nSPS) is 10.6. The number of carbonyl (C=O) groups is 3. The number of rotatable bonds is 13. The molecule has 0 heterocycles. The number of hydrogen-bond acceptors (Lipinski definition) is 6. The third-order valence-electron chi connectivity index (χ3n) is 4.10. The van der Waals surface area contributed by atoms with Gasteiger partial charge in [0, 0.05) is 25.7 Å². The number of benzene rings is 1. The molecule has 0 aliphatic carbocycles. The van der Waals surface area contributed by atoms with E-state index in [4.69, 9.17) is 16.2 Å². The second kappa shape index (κ2) is 12.3. The molecular weight excluding hydrogens is 332 g/mol. The predicted molar refractivity (Wildman–Crippen MR) is 101 cm³/mol. The molecule has 1 rings (SSSR count). The lowest BCUT2D eigenvalue weighted by Crippen LogP contribution is -2.10. The summed E-state index contributed by atoms with van der Waals surface area (Å²) in [6.45, 7) is 1.14. The Morgan fingerprint density at radius 1 is 0.808 bits per heavy atom. The molecule has 0 spiro atoms. The van der Waals surface area contributed by atoms with E-state index in [0.717, 1.165) is 36.8 Å². The number of hydrogen-bond donors (Lipinski definition) is 2. The van der Waals surface area contributed by atoms with Crippen molar-refractivity contribution < 1.29 is 19.1 Å². The van der Waals surface area contributed by atoms with Crippen molar-refractivity contribution >= 4 is 17.5 Å². The fraction of sp³-hybridized carbons (Fsp3) is 0.550. The van der Waals surface area contributed by atoms with Gasteiger partial charge in [-0.1, -0.05) is 6.07 Å². The Labute approximate surface area is 155 Å². The maximum absolute atomic E-state index is 12.1. The molecule has 0 aliphatic rings. The lowest BCUT2D eigenvalue weighted by Gasteiger charge is -2.09. The molecule has 0 atom stereocenters. The van der Waals surface area contributed by atoms with E-state index in [-0.39, 0.29) is 24.4 Å². The minimum absolute atomic E-state index is 0.0979. The molecule has 0 radical (unpaired) electrons. The van der Waals surface area contributed by atoms with Gasteiger partial charge < -0.3 is 16.2 Å². The maximum atomic E-state index is 12.1. The van der Waals surface area contributed by atoms with E-state index >= 15 is 0 Å². The monoisotopic (exact) mass is 362 g/mol. The van der Waals surface area contributed by atoms with Crippen molar-refractivity contribution in [2.75, 3.05) is 20.2 Å². The average molecular weight is 362 g/mol. The Bertz CT molecular complexity index is 572. The zero-order valence-corrected chi connectivity index (χ0v) is 15.6. The number of ether oxygens (including phenoxy) is 1. The largest absolute Gasteiger partial charge is 0.465 e. The molecule has 6 nitrogen and oxygen atoms in total. The number of carbonyl (C=O) groups excluding carboxylic acids is 3. The first-order valence-electron chi connectivity index (χ1n) is 9.14. The third-order valence-corrected chi connectivity index (χ3v) is 4.10. The van der Waals surface area contributed by atoms with Gasteiger partial charge in [-0.05, 0) is 62.0 Å². The summed E-state index contributed by atoms with van der Waals surface area (Å²) in [4.78, 5) is 36.1. The van der Waals surface area contributed by atoms with Gasteiger partial charge in [0.1, 0.15) is 11.6 Å². The molecule has 144 valence electrons. The third kappa shape index (κ3) is 8.36. The van der Waals surface area contributed by atoms with Crippen LogP contribution in [0.3, 0.4) is 0 Å². The van der Waals surface area contributed by atoms with E-state index < -0.39 is 5.97 Å². The summed E-state index contributed by atoms with van der Waals surface area (Å²) < 4.78 is 4.78. The van der Waals surface area contributed by atoms with Gasteiger partial charge in [-0.2, -0.15) is 0 Å². The summed E-state index contributed by atoms with van der Waals surface area (Å²) in [6.07, 6.45) is 4.57. The zero-order chi connectivity index (χ0) is 19.4. The lowest BCUT2D eigenvalue weighted by molar-refractivity contribution is -0.119. The van der Waals surface area contributed by atoms with Gasteiger partial charge in [-0.15, -0.1) is 0 Å². The van der Waals surface area contributed by atoms with E-state index in [1.807, 2.05) is 6.07 Å². The van der Waals surface area contributed by atoms with Crippen LogP contribution in [0.15, 0.2) is 18.2 Å². The highest BCUT2D eigenvalue weighted by atomic mass is 16.5. The number of ketones is 2. The van der Waals surface area contributed by atoms with Crippen LogP contribution in [0, 0.1) is 0 Å². The highest BCUT2D eigenvalue weighted by molar-refractivity contribution is 5.91. The topological polar surface area (TPSA) is 112 Å². The molecule has 0 saturated carbocycles. The molecule has 0 saturated heterocycles. The van der Waals surface area contributed by atoms with E-state index in [2.05, 4.69) is 0 Å². The van der Waals surface area contributed by atoms with Crippen LogP contribution < -0.4 is 11.5 Å². The van der Waals surface area contributed by atoms with Gasteiger partial charge in [0.25, 0.3) is 0 Å². The van der Waals surface area contributed by atoms with Gasteiger partial charge in [0.05, 0.1) is 12.7 Å². The fourth-order valence-corrected chi connectivity index (χ4v) is 2.77. The van der Waals surface area contributed by atoms with Gasteiger partial charge in [0.15, 0.2) is 0 Å². The van der Waals surface area contributed by atoms with E-state index in [9.17, 15) is 14.4 Å². The number of Topliss-reactive ketones (excluding diaryl/α,β-unsaturated/α-hetero) is 2. The minimum Gasteiger partial charge on any atom is -0.465 e. The molecule has 0 aromatic heterocycles. The number of esters is 1. The molecule has 0 unspecified atom stereocenters. The summed E-state index contributed by atoms with van der Waals surface area (Å²) in [6, 6.07) is 5.15. The van der Waals surface area contributed by atoms with Crippen LogP contribution in [-0.4, -0.2) is 37.7 Å². The second-order valence-corrected chi connectivity index (χ2v) is 6.45. The first-order chi connectivity index (χ1) is 12.5. The van der Waals surface area contributed by atoms with E-state index in [1.54, 1.807) is 12.1 Å². The van der Waals surface area contributed by atoms with Crippen LogP contribution in [0.1, 0.15) is 60.0 Å². The zero-order valence-electron chi connectivity index (χ0n) is 15.6. The van der Waals surface area contributed by atoms with Crippen LogP contribution >= 0.6 is 0 Å². The molecule has 0 amide bonds. The first kappa shape index (κ1) is 22.0. The highest BCUT2D eigenvalue weighted by Crippen LogP contribution is 2.15. The van der Waals surface area contributed by atoms with Crippen molar-refractivity contribution in [3.05, 3.63) is 34.9 Å². The maximum Gasteiger partial charge on any atom is 0.337 e. The molecule has 1 aromatic rings. The van der Waals surface area contributed by atoms with Gasteiger partial charge in [-0.25, -0.2) is 4.79 Å². The number of methoxy groups -OCH3 is 1. The Morgan fingerprint density at radius 2 is 1.27 bits per heavy atom. The molecule has 26 heavy (non-hydrogen) atoms. The second-order valence-electron chi connectivity index (χ2n) is 6.45. The Hall–Kier alpha value is -2.05. The summed E-state index contributed by atoms with van der Waals surface area (Å²) in [5, 5.41) is 0. The van der Waals surface area contributed by atoms with Crippen molar-refractivity contribution in [3.8, 4) is 0 Å². The predicted octanol–water partition coefficient (Wildman–Crippen LogP) is 1.95. The summed E-state index contributed by atoms with van der Waals surface area (Å²) in [5.41, 5.74) is 12.7. The van der Waals surface area contributed by atoms with Gasteiger partial charge >= 0.3 is 5.97 Å². The van der Waals surface area contributed by atoms with Crippen molar-refractivity contribution in [1.82, 2.24) is 0 Å². The molecule has 0 aliphatic heterocycles. The summed E-state index contributed by atoms with van der Waals surface area (Å²) >= 11 is 0. The summed E-state index contributed by atoms with van der Waals surface area (Å²) in [7, 11) is 1.31. The molecular formula is C20H30N2O4. The van der Waals surface area contributed by atoms with Gasteiger partial charge in [0.2, 0.25) is 0 Å². The molecule has 1 aromatic carbocycles. The van der Waals surface area contributed by atoms with Crippen LogP contribution in [0.2, 0.25) is 0 Å². The van der Waals surface area contributed by atoms with Crippen molar-refractivity contribution in [3.63, 3.8) is 0 Å². The van der Waals surface area contributed by atoms with Crippen molar-refractivity contribution in [2.45, 2.75) is 51.4 Å². The van der Waals surface area contributed by atoms with Crippen LogP contribution in [0.5, 0.6) is 0 Å². The van der Waals surface area contributed by atoms with Crippen LogP contribution in [0.25, 0.3) is 0 Å². The van der Waals surface area contributed by atoms with Crippen molar-refractivity contribution in [2.24, 2.45) is 11.5 Å². The fourth-order valence-electron chi connectivity index (χ4n) is 2.77. The molecule has 0 bridgehead atoms. The first-order valence-corrected chi connectivity index (χ1v) is 9.14. The van der Waals surface area contributed by atoms with Crippen LogP contribution in [-0.2, 0) is 27.2 Å². The molecule has 6 heteroatoms. The Kier molecular flexibility index (Phi) is 10.4. The number of unbranched alkanes of at least 4 members (excludes halogenated alkanes) is 2. The lowest BCUT2D eigenvalue weighted by atomic mass is 9.96. The number of nitrogens with two attached hydrogens (primary N) is 2. The smallest absolute Gasteiger partial charge is 0.337 e. The highest BCUT2D eigenvalue weighted by Gasteiger charge is 2.13.